The second-order valence-corrected chi connectivity index (χ2v) is 7.74. The van der Waals surface area contributed by atoms with Crippen LogP contribution in [0.5, 0.6) is 0 Å². The van der Waals surface area contributed by atoms with Crippen LogP contribution in [-0.2, 0) is 9.84 Å². The lowest BCUT2D eigenvalue weighted by Gasteiger charge is -2.21. The molecule has 0 aromatic heterocycles. The summed E-state index contributed by atoms with van der Waals surface area (Å²) in [7, 11) is -3.09. The van der Waals surface area contributed by atoms with E-state index in [4.69, 9.17) is 0 Å². The van der Waals surface area contributed by atoms with Crippen molar-refractivity contribution >= 4 is 9.84 Å². The van der Waals surface area contributed by atoms with E-state index in [0.29, 0.717) is 16.7 Å². The number of benzene rings is 1. The molecule has 0 radical (unpaired) electrons. The van der Waals surface area contributed by atoms with Crippen LogP contribution < -0.4 is 0 Å². The molecule has 3 atom stereocenters. The van der Waals surface area contributed by atoms with Gasteiger partial charge in [0.25, 0.3) is 0 Å². The summed E-state index contributed by atoms with van der Waals surface area (Å²) in [6, 6.07) is 7.30. The third-order valence-corrected chi connectivity index (χ3v) is 6.73. The van der Waals surface area contributed by atoms with Gasteiger partial charge in [-0.3, -0.25) is 0 Å². The van der Waals surface area contributed by atoms with Gasteiger partial charge >= 0.3 is 0 Å². The second-order valence-electron chi connectivity index (χ2n) is 5.57. The Kier molecular flexibility index (Phi) is 2.54. The summed E-state index contributed by atoms with van der Waals surface area (Å²) in [5.74, 6) is 1.09. The number of hydrogen-bond acceptors (Lipinski definition) is 2. The predicted octanol–water partition coefficient (Wildman–Crippen LogP) is 2.96. The van der Waals surface area contributed by atoms with Gasteiger partial charge in [0.15, 0.2) is 9.84 Å². The van der Waals surface area contributed by atoms with E-state index in [-0.39, 0.29) is 5.25 Å². The van der Waals surface area contributed by atoms with Gasteiger partial charge in [0.1, 0.15) is 0 Å². The molecular formula is C14H18O2S. The van der Waals surface area contributed by atoms with Gasteiger partial charge in [0.2, 0.25) is 0 Å². The highest BCUT2D eigenvalue weighted by atomic mass is 32.2. The van der Waals surface area contributed by atoms with Gasteiger partial charge in [-0.2, -0.15) is 0 Å². The Hall–Kier alpha value is -0.830. The molecule has 2 fully saturated rings. The van der Waals surface area contributed by atoms with Crippen molar-refractivity contribution in [1.82, 2.24) is 0 Å². The van der Waals surface area contributed by atoms with E-state index in [1.54, 1.807) is 12.1 Å². The fourth-order valence-corrected chi connectivity index (χ4v) is 5.61. The van der Waals surface area contributed by atoms with Crippen molar-refractivity contribution in [2.45, 2.75) is 42.8 Å². The lowest BCUT2D eigenvalue weighted by molar-refractivity contribution is 0.465. The van der Waals surface area contributed by atoms with E-state index in [0.717, 1.165) is 24.8 Å². The SMILES string of the molecule is Cc1ccc(S(=O)(=O)[C@H]2C[C@H]3CC[C@@H]2C3)cc1. The number of hydrogen-bond donors (Lipinski definition) is 0. The Morgan fingerprint density at radius 2 is 1.76 bits per heavy atom. The summed E-state index contributed by atoms with van der Waals surface area (Å²) in [5.41, 5.74) is 1.11. The normalized spacial score (nSPS) is 31.9. The quantitative estimate of drug-likeness (QED) is 0.808. The van der Waals surface area contributed by atoms with Gasteiger partial charge < -0.3 is 0 Å². The summed E-state index contributed by atoms with van der Waals surface area (Å²) in [6.45, 7) is 1.98. The first kappa shape index (κ1) is 11.3. The van der Waals surface area contributed by atoms with E-state index in [1.807, 2.05) is 19.1 Å². The third kappa shape index (κ3) is 1.81. The van der Waals surface area contributed by atoms with Crippen LogP contribution in [-0.4, -0.2) is 13.7 Å². The number of aryl methyl sites for hydroxylation is 1. The first-order valence-corrected chi connectivity index (χ1v) is 7.92. The highest BCUT2D eigenvalue weighted by molar-refractivity contribution is 7.92. The molecule has 0 aliphatic heterocycles. The largest absolute Gasteiger partial charge is 0.223 e. The summed E-state index contributed by atoms with van der Waals surface area (Å²) in [6.07, 6.45) is 4.38. The molecule has 2 nitrogen and oxygen atoms in total. The van der Waals surface area contributed by atoms with Crippen LogP contribution in [0.15, 0.2) is 29.2 Å². The molecule has 2 aliphatic carbocycles. The monoisotopic (exact) mass is 250 g/mol. The Balaban J connectivity index is 1.93. The number of sulfone groups is 1. The van der Waals surface area contributed by atoms with Crippen molar-refractivity contribution in [2.75, 3.05) is 0 Å². The van der Waals surface area contributed by atoms with Crippen molar-refractivity contribution in [3.63, 3.8) is 0 Å². The minimum Gasteiger partial charge on any atom is -0.223 e. The molecule has 3 heteroatoms. The molecule has 1 aromatic carbocycles. The lowest BCUT2D eigenvalue weighted by Crippen LogP contribution is -2.27. The van der Waals surface area contributed by atoms with Crippen molar-refractivity contribution in [3.05, 3.63) is 29.8 Å². The Morgan fingerprint density at radius 3 is 2.29 bits per heavy atom. The summed E-state index contributed by atoms with van der Waals surface area (Å²) in [4.78, 5) is 0.514. The van der Waals surface area contributed by atoms with Crippen molar-refractivity contribution in [1.29, 1.82) is 0 Å². The van der Waals surface area contributed by atoms with Crippen molar-refractivity contribution in [3.8, 4) is 0 Å². The zero-order valence-corrected chi connectivity index (χ0v) is 10.9. The topological polar surface area (TPSA) is 34.1 Å². The van der Waals surface area contributed by atoms with E-state index in [9.17, 15) is 8.42 Å². The van der Waals surface area contributed by atoms with Crippen LogP contribution in [0.2, 0.25) is 0 Å². The molecule has 0 unspecified atom stereocenters. The molecular weight excluding hydrogens is 232 g/mol. The predicted molar refractivity (Wildman–Crippen MR) is 67.6 cm³/mol. The van der Waals surface area contributed by atoms with Gasteiger partial charge in [-0.05, 0) is 50.2 Å². The molecule has 0 amide bonds. The Bertz CT molecular complexity index is 516. The molecule has 1 aromatic rings. The van der Waals surface area contributed by atoms with Crippen LogP contribution in [0.4, 0.5) is 0 Å². The van der Waals surface area contributed by atoms with E-state index in [2.05, 4.69) is 0 Å². The van der Waals surface area contributed by atoms with Crippen LogP contribution >= 0.6 is 0 Å². The minimum atomic E-state index is -3.09. The molecule has 92 valence electrons. The molecule has 0 N–H and O–H groups in total. The third-order valence-electron chi connectivity index (χ3n) is 4.42. The Labute approximate surface area is 103 Å². The highest BCUT2D eigenvalue weighted by Crippen LogP contribution is 2.48. The van der Waals surface area contributed by atoms with Crippen LogP contribution in [0, 0.1) is 18.8 Å². The van der Waals surface area contributed by atoms with Crippen LogP contribution in [0.25, 0.3) is 0 Å². The minimum absolute atomic E-state index is 0.107. The molecule has 0 spiro atoms. The Morgan fingerprint density at radius 1 is 1.06 bits per heavy atom. The second kappa shape index (κ2) is 3.84. The molecule has 2 saturated carbocycles. The van der Waals surface area contributed by atoms with Gasteiger partial charge in [-0.25, -0.2) is 8.42 Å². The fourth-order valence-electron chi connectivity index (χ4n) is 3.47. The highest BCUT2D eigenvalue weighted by Gasteiger charge is 2.46. The molecule has 17 heavy (non-hydrogen) atoms. The first-order valence-electron chi connectivity index (χ1n) is 6.38. The van der Waals surface area contributed by atoms with Crippen molar-refractivity contribution in [2.24, 2.45) is 11.8 Å². The van der Waals surface area contributed by atoms with Gasteiger partial charge in [0.05, 0.1) is 10.1 Å². The maximum atomic E-state index is 12.5. The first-order chi connectivity index (χ1) is 8.07. The van der Waals surface area contributed by atoms with Gasteiger partial charge in [-0.15, -0.1) is 0 Å². The van der Waals surface area contributed by atoms with Gasteiger partial charge in [0, 0.05) is 0 Å². The van der Waals surface area contributed by atoms with Gasteiger partial charge in [-0.1, -0.05) is 24.1 Å². The van der Waals surface area contributed by atoms with E-state index in [1.165, 1.54) is 6.42 Å². The molecule has 3 rings (SSSR count). The molecule has 2 aliphatic rings. The van der Waals surface area contributed by atoms with Crippen LogP contribution in [0.1, 0.15) is 31.2 Å². The smallest absolute Gasteiger partial charge is 0.181 e. The standard InChI is InChI=1S/C14H18O2S/c1-10-2-6-13(7-3-10)17(15,16)14-9-11-4-5-12(14)8-11/h2-3,6-7,11-12,14H,4-5,8-9H2,1H3/t11-,12+,14-/m0/s1. The van der Waals surface area contributed by atoms with E-state index >= 15 is 0 Å². The zero-order valence-electron chi connectivity index (χ0n) is 10.1. The summed E-state index contributed by atoms with van der Waals surface area (Å²) in [5, 5.41) is -0.107. The zero-order chi connectivity index (χ0) is 12.0. The molecule has 0 heterocycles. The molecule has 0 saturated heterocycles. The van der Waals surface area contributed by atoms with Crippen molar-refractivity contribution < 1.29 is 8.42 Å². The summed E-state index contributed by atoms with van der Waals surface area (Å²) >= 11 is 0. The average molecular weight is 250 g/mol. The maximum Gasteiger partial charge on any atom is 0.181 e. The van der Waals surface area contributed by atoms with E-state index < -0.39 is 9.84 Å². The number of rotatable bonds is 2. The maximum absolute atomic E-state index is 12.5. The lowest BCUT2D eigenvalue weighted by atomic mass is 10.0. The fraction of sp³-hybridized carbons (Fsp3) is 0.571. The summed E-state index contributed by atoms with van der Waals surface area (Å²) < 4.78 is 25.1. The van der Waals surface area contributed by atoms with Crippen LogP contribution in [0.3, 0.4) is 0 Å². The average Bonchev–Trinajstić information content (AvgIpc) is 2.91. The molecule has 2 bridgehead atoms. The number of fused-ring (bicyclic) bond motifs is 2.